The topological polar surface area (TPSA) is 62.2 Å². The van der Waals surface area contributed by atoms with Crippen molar-refractivity contribution in [3.63, 3.8) is 0 Å². The summed E-state index contributed by atoms with van der Waals surface area (Å²) in [6.45, 7) is 0. The van der Waals surface area contributed by atoms with Crippen LogP contribution in [0.4, 0.5) is 5.13 Å². The molecule has 1 aromatic heterocycles. The van der Waals surface area contributed by atoms with Crippen molar-refractivity contribution in [1.29, 1.82) is 0 Å². The highest BCUT2D eigenvalue weighted by Crippen LogP contribution is 2.49. The Morgan fingerprint density at radius 3 is 2.36 bits per heavy atom. The summed E-state index contributed by atoms with van der Waals surface area (Å²) in [6, 6.07) is 19.3. The summed E-state index contributed by atoms with van der Waals surface area (Å²) in [6.07, 6.45) is 2.61. The molecule has 126 valence electrons. The molecule has 1 fully saturated rings. The lowest BCUT2D eigenvalue weighted by Crippen LogP contribution is -2.27. The second kappa shape index (κ2) is 6.43. The van der Waals surface area contributed by atoms with E-state index in [2.05, 4.69) is 10.3 Å². The van der Waals surface area contributed by atoms with Crippen LogP contribution in [0.25, 0.3) is 0 Å². The molecule has 1 atom stereocenters. The molecular formula is C20H18N2O2S. The normalized spacial score (nSPS) is 16.2. The summed E-state index contributed by atoms with van der Waals surface area (Å²) >= 11 is 1.31. The lowest BCUT2D eigenvalue weighted by Gasteiger charge is -2.14. The van der Waals surface area contributed by atoms with E-state index in [1.807, 2.05) is 60.7 Å². The third-order valence-corrected chi connectivity index (χ3v) is 5.61. The van der Waals surface area contributed by atoms with Gasteiger partial charge in [0.1, 0.15) is 6.10 Å². The molecule has 3 aromatic rings. The molecule has 0 bridgehead atoms. The van der Waals surface area contributed by atoms with Gasteiger partial charge >= 0.3 is 0 Å². The zero-order valence-electron chi connectivity index (χ0n) is 13.6. The minimum absolute atomic E-state index is 0.0196. The number of amides is 1. The third kappa shape index (κ3) is 3.08. The lowest BCUT2D eigenvalue weighted by atomic mass is 9.95. The van der Waals surface area contributed by atoms with Crippen molar-refractivity contribution in [3.8, 4) is 0 Å². The van der Waals surface area contributed by atoms with Crippen LogP contribution >= 0.6 is 11.3 Å². The molecule has 1 amide bonds. The number of anilines is 1. The number of aromatic nitrogens is 1. The molecule has 0 saturated heterocycles. The van der Waals surface area contributed by atoms with Crippen molar-refractivity contribution in [1.82, 2.24) is 4.98 Å². The summed E-state index contributed by atoms with van der Waals surface area (Å²) in [5.74, 6) is -0.0196. The van der Waals surface area contributed by atoms with Gasteiger partial charge in [0, 0.05) is 6.20 Å². The Morgan fingerprint density at radius 2 is 1.72 bits per heavy atom. The number of aliphatic hydroxyl groups excluding tert-OH is 1. The molecule has 1 aliphatic rings. The number of thiazole rings is 1. The minimum Gasteiger partial charge on any atom is -0.383 e. The molecule has 0 radical (unpaired) electrons. The number of aliphatic hydroxyl groups is 1. The van der Waals surface area contributed by atoms with E-state index >= 15 is 0 Å². The smallest absolute Gasteiger partial charge is 0.236 e. The molecule has 4 nitrogen and oxygen atoms in total. The molecule has 25 heavy (non-hydrogen) atoms. The fraction of sp³-hybridized carbons (Fsp3) is 0.200. The SMILES string of the molecule is O=C(Nc1ncc(C(O)c2ccccc2)s1)C1(c2ccccc2)CC1. The van der Waals surface area contributed by atoms with Gasteiger partial charge in [-0.15, -0.1) is 0 Å². The largest absolute Gasteiger partial charge is 0.383 e. The Kier molecular flexibility index (Phi) is 4.11. The Hall–Kier alpha value is -2.50. The maximum Gasteiger partial charge on any atom is 0.236 e. The number of hydrogen-bond donors (Lipinski definition) is 2. The summed E-state index contributed by atoms with van der Waals surface area (Å²) in [4.78, 5) is 17.7. The van der Waals surface area contributed by atoms with Crippen LogP contribution in [-0.2, 0) is 10.2 Å². The van der Waals surface area contributed by atoms with E-state index in [4.69, 9.17) is 0 Å². The van der Waals surface area contributed by atoms with E-state index < -0.39 is 11.5 Å². The molecule has 2 N–H and O–H groups in total. The first kappa shape index (κ1) is 16.0. The van der Waals surface area contributed by atoms with Gasteiger partial charge in [-0.05, 0) is 24.0 Å². The monoisotopic (exact) mass is 350 g/mol. The van der Waals surface area contributed by atoms with Gasteiger partial charge < -0.3 is 10.4 Å². The van der Waals surface area contributed by atoms with Crippen molar-refractivity contribution in [2.45, 2.75) is 24.4 Å². The molecule has 5 heteroatoms. The Bertz CT molecular complexity index is 873. The Balaban J connectivity index is 1.49. The van der Waals surface area contributed by atoms with Gasteiger partial charge in [-0.3, -0.25) is 4.79 Å². The first-order valence-electron chi connectivity index (χ1n) is 8.25. The standard InChI is InChI=1S/C20H18N2O2S/c23-17(14-7-3-1-4-8-14)16-13-21-19(25-16)22-18(24)20(11-12-20)15-9-5-2-6-10-15/h1-10,13,17,23H,11-12H2,(H,21,22,24). The summed E-state index contributed by atoms with van der Waals surface area (Å²) in [5.41, 5.74) is 1.44. The Morgan fingerprint density at radius 1 is 1.08 bits per heavy atom. The zero-order chi connectivity index (χ0) is 17.3. The number of hydrogen-bond acceptors (Lipinski definition) is 4. The number of rotatable bonds is 5. The van der Waals surface area contributed by atoms with E-state index in [1.54, 1.807) is 6.20 Å². The lowest BCUT2D eigenvalue weighted by molar-refractivity contribution is -0.118. The number of carbonyl (C=O) groups is 1. The first-order chi connectivity index (χ1) is 12.2. The number of carbonyl (C=O) groups excluding carboxylic acids is 1. The molecule has 0 aliphatic heterocycles. The van der Waals surface area contributed by atoms with Crippen molar-refractivity contribution >= 4 is 22.4 Å². The second-order valence-corrected chi connectivity index (χ2v) is 7.35. The van der Waals surface area contributed by atoms with Crippen LogP contribution < -0.4 is 5.32 Å². The number of nitrogens with zero attached hydrogens (tertiary/aromatic N) is 1. The summed E-state index contributed by atoms with van der Waals surface area (Å²) < 4.78 is 0. The highest BCUT2D eigenvalue weighted by atomic mass is 32.1. The molecule has 0 spiro atoms. The van der Waals surface area contributed by atoms with Crippen LogP contribution in [0.2, 0.25) is 0 Å². The minimum atomic E-state index is -0.728. The molecule has 1 aliphatic carbocycles. The van der Waals surface area contributed by atoms with Gasteiger partial charge in [0.15, 0.2) is 5.13 Å². The molecule has 1 heterocycles. The van der Waals surface area contributed by atoms with E-state index in [0.29, 0.717) is 10.0 Å². The van der Waals surface area contributed by atoms with Crippen LogP contribution in [0.5, 0.6) is 0 Å². The van der Waals surface area contributed by atoms with Crippen LogP contribution in [-0.4, -0.2) is 16.0 Å². The predicted molar refractivity (Wildman–Crippen MR) is 98.6 cm³/mol. The first-order valence-corrected chi connectivity index (χ1v) is 9.06. The van der Waals surface area contributed by atoms with Crippen LogP contribution in [0.1, 0.15) is 34.9 Å². The van der Waals surface area contributed by atoms with E-state index in [9.17, 15) is 9.90 Å². The van der Waals surface area contributed by atoms with Crippen molar-refractivity contribution < 1.29 is 9.90 Å². The average molecular weight is 350 g/mol. The summed E-state index contributed by atoms with van der Waals surface area (Å²) in [7, 11) is 0. The van der Waals surface area contributed by atoms with Crippen LogP contribution in [0.15, 0.2) is 66.9 Å². The van der Waals surface area contributed by atoms with Gasteiger partial charge in [0.05, 0.1) is 10.3 Å². The number of benzene rings is 2. The third-order valence-electron chi connectivity index (χ3n) is 4.64. The molecule has 4 rings (SSSR count). The second-order valence-electron chi connectivity index (χ2n) is 6.28. The highest BCUT2D eigenvalue weighted by molar-refractivity contribution is 7.15. The molecular weight excluding hydrogens is 332 g/mol. The van der Waals surface area contributed by atoms with Gasteiger partial charge in [-0.25, -0.2) is 4.98 Å². The fourth-order valence-electron chi connectivity index (χ4n) is 3.02. The van der Waals surface area contributed by atoms with Gasteiger partial charge in [-0.1, -0.05) is 72.0 Å². The van der Waals surface area contributed by atoms with E-state index in [-0.39, 0.29) is 5.91 Å². The van der Waals surface area contributed by atoms with Gasteiger partial charge in [-0.2, -0.15) is 0 Å². The van der Waals surface area contributed by atoms with Crippen LogP contribution in [0.3, 0.4) is 0 Å². The maximum absolute atomic E-state index is 12.7. The summed E-state index contributed by atoms with van der Waals surface area (Å²) in [5, 5.41) is 13.9. The fourth-order valence-corrected chi connectivity index (χ4v) is 3.84. The molecule has 1 unspecified atom stereocenters. The van der Waals surface area contributed by atoms with Crippen LogP contribution in [0, 0.1) is 0 Å². The maximum atomic E-state index is 12.7. The Labute approximate surface area is 150 Å². The van der Waals surface area contributed by atoms with E-state index in [1.165, 1.54) is 11.3 Å². The van der Waals surface area contributed by atoms with Crippen molar-refractivity contribution in [2.24, 2.45) is 0 Å². The molecule has 1 saturated carbocycles. The highest BCUT2D eigenvalue weighted by Gasteiger charge is 2.51. The van der Waals surface area contributed by atoms with Crippen molar-refractivity contribution in [2.75, 3.05) is 5.32 Å². The predicted octanol–water partition coefficient (Wildman–Crippen LogP) is 3.90. The number of nitrogens with one attached hydrogen (secondary N) is 1. The van der Waals surface area contributed by atoms with Crippen molar-refractivity contribution in [3.05, 3.63) is 82.9 Å². The van der Waals surface area contributed by atoms with E-state index in [0.717, 1.165) is 24.0 Å². The average Bonchev–Trinajstić information content (AvgIpc) is 3.36. The molecule has 2 aromatic carbocycles. The van der Waals surface area contributed by atoms with Gasteiger partial charge in [0.2, 0.25) is 5.91 Å². The van der Waals surface area contributed by atoms with Gasteiger partial charge in [0.25, 0.3) is 0 Å². The zero-order valence-corrected chi connectivity index (χ0v) is 14.4. The quantitative estimate of drug-likeness (QED) is 0.734.